The van der Waals surface area contributed by atoms with E-state index in [1.54, 1.807) is 0 Å². The molecule has 26 heavy (non-hydrogen) atoms. The fraction of sp³-hybridized carbons (Fsp3) is 0.429. The number of aromatic nitrogens is 2. The number of hydrogen-bond acceptors (Lipinski definition) is 8. The highest BCUT2D eigenvalue weighted by atomic mass is 35.5. The topological polar surface area (TPSA) is 131 Å². The van der Waals surface area contributed by atoms with Gasteiger partial charge in [-0.15, -0.1) is 12.4 Å². The molecule has 0 saturated heterocycles. The predicted molar refractivity (Wildman–Crippen MR) is 95.5 cm³/mol. The Kier molecular flexibility index (Phi) is 7.63. The summed E-state index contributed by atoms with van der Waals surface area (Å²) in [6.45, 7) is 1.82. The zero-order valence-electron chi connectivity index (χ0n) is 14.4. The molecule has 1 aromatic heterocycles. The standard InChI is InChI=1S/C14H19N5O5S.ClH/c1-10(15-2)7-13-16-14(24-17-13)9-18(3)25(22,23)12-6-4-5-11(8-12)19(20)21;/h4-6,8,10,15H,7,9H2,1-3H3;1H. The summed E-state index contributed by atoms with van der Waals surface area (Å²) in [7, 11) is -0.771. The number of sulfonamides is 1. The summed E-state index contributed by atoms with van der Waals surface area (Å²) in [5.41, 5.74) is -0.296. The molecule has 0 aliphatic heterocycles. The zero-order chi connectivity index (χ0) is 18.6. The number of halogens is 1. The van der Waals surface area contributed by atoms with E-state index in [9.17, 15) is 18.5 Å². The molecule has 1 atom stereocenters. The second-order valence-electron chi connectivity index (χ2n) is 5.51. The van der Waals surface area contributed by atoms with Crippen molar-refractivity contribution in [1.29, 1.82) is 0 Å². The number of nitrogens with zero attached hydrogens (tertiary/aromatic N) is 4. The van der Waals surface area contributed by atoms with E-state index in [0.717, 1.165) is 10.4 Å². The Morgan fingerprint density at radius 2 is 2.12 bits per heavy atom. The molecule has 1 aromatic carbocycles. The van der Waals surface area contributed by atoms with Gasteiger partial charge in [0.15, 0.2) is 5.82 Å². The Morgan fingerprint density at radius 3 is 2.73 bits per heavy atom. The highest BCUT2D eigenvalue weighted by Gasteiger charge is 2.25. The lowest BCUT2D eigenvalue weighted by Gasteiger charge is -2.14. The molecular weight excluding hydrogens is 386 g/mol. The molecule has 0 aliphatic rings. The lowest BCUT2D eigenvalue weighted by Crippen LogP contribution is -2.27. The van der Waals surface area contributed by atoms with Crippen LogP contribution in [0.3, 0.4) is 0 Å². The predicted octanol–water partition coefficient (Wildman–Crippen LogP) is 1.37. The molecule has 1 N–H and O–H groups in total. The molecular formula is C14H20ClN5O5S. The maximum atomic E-state index is 12.5. The Morgan fingerprint density at radius 1 is 1.42 bits per heavy atom. The SMILES string of the molecule is CNC(C)Cc1noc(CN(C)S(=O)(=O)c2cccc([N+](=O)[O-])c2)n1.Cl. The summed E-state index contributed by atoms with van der Waals surface area (Å²) < 4.78 is 31.2. The van der Waals surface area contributed by atoms with Crippen molar-refractivity contribution < 1.29 is 17.9 Å². The van der Waals surface area contributed by atoms with Crippen LogP contribution in [0, 0.1) is 10.1 Å². The van der Waals surface area contributed by atoms with Crippen LogP contribution in [0.2, 0.25) is 0 Å². The molecule has 0 spiro atoms. The molecule has 0 saturated carbocycles. The molecule has 12 heteroatoms. The fourth-order valence-corrected chi connectivity index (χ4v) is 3.19. The van der Waals surface area contributed by atoms with Gasteiger partial charge in [-0.05, 0) is 20.0 Å². The monoisotopic (exact) mass is 405 g/mol. The second-order valence-corrected chi connectivity index (χ2v) is 7.56. The summed E-state index contributed by atoms with van der Waals surface area (Å²) in [4.78, 5) is 14.2. The Labute approximate surface area is 157 Å². The van der Waals surface area contributed by atoms with Crippen molar-refractivity contribution in [3.05, 3.63) is 46.1 Å². The van der Waals surface area contributed by atoms with Crippen molar-refractivity contribution in [2.75, 3.05) is 14.1 Å². The van der Waals surface area contributed by atoms with Crippen LogP contribution in [0.5, 0.6) is 0 Å². The van der Waals surface area contributed by atoms with E-state index < -0.39 is 14.9 Å². The smallest absolute Gasteiger partial charge is 0.270 e. The quantitative estimate of drug-likeness (QED) is 0.514. The normalized spacial score (nSPS) is 12.6. The molecule has 0 fully saturated rings. The second kappa shape index (κ2) is 9.03. The van der Waals surface area contributed by atoms with Crippen molar-refractivity contribution in [3.63, 3.8) is 0 Å². The van der Waals surface area contributed by atoms with E-state index in [0.29, 0.717) is 12.2 Å². The van der Waals surface area contributed by atoms with E-state index in [1.807, 2.05) is 14.0 Å². The average Bonchev–Trinajstić information content (AvgIpc) is 3.01. The third-order valence-electron chi connectivity index (χ3n) is 3.59. The number of nitro benzene ring substituents is 1. The number of nitrogens with one attached hydrogen (secondary N) is 1. The van der Waals surface area contributed by atoms with Gasteiger partial charge < -0.3 is 9.84 Å². The molecule has 0 bridgehead atoms. The summed E-state index contributed by atoms with van der Waals surface area (Å²) in [6, 6.07) is 5.01. The highest BCUT2D eigenvalue weighted by Crippen LogP contribution is 2.21. The Bertz CT molecular complexity index is 857. The van der Waals surface area contributed by atoms with E-state index in [4.69, 9.17) is 4.52 Å². The first-order valence-electron chi connectivity index (χ1n) is 7.43. The summed E-state index contributed by atoms with van der Waals surface area (Å²) in [5.74, 6) is 0.618. The van der Waals surface area contributed by atoms with E-state index in [1.165, 1.54) is 25.2 Å². The fourth-order valence-electron chi connectivity index (χ4n) is 2.03. The molecule has 2 rings (SSSR count). The Balaban J connectivity index is 0.00000338. The van der Waals surface area contributed by atoms with Gasteiger partial charge in [-0.25, -0.2) is 8.42 Å². The van der Waals surface area contributed by atoms with Gasteiger partial charge in [0.1, 0.15) is 0 Å². The first-order chi connectivity index (χ1) is 11.7. The van der Waals surface area contributed by atoms with Crippen LogP contribution in [-0.4, -0.2) is 47.9 Å². The molecule has 10 nitrogen and oxygen atoms in total. The van der Waals surface area contributed by atoms with Crippen LogP contribution in [0.15, 0.2) is 33.7 Å². The number of non-ortho nitro benzene ring substituents is 1. The first kappa shape index (κ1) is 22.0. The molecule has 0 radical (unpaired) electrons. The molecule has 0 aliphatic carbocycles. The lowest BCUT2D eigenvalue weighted by molar-refractivity contribution is -0.385. The van der Waals surface area contributed by atoms with Crippen LogP contribution in [0.1, 0.15) is 18.6 Å². The molecule has 1 heterocycles. The zero-order valence-corrected chi connectivity index (χ0v) is 16.1. The van der Waals surface area contributed by atoms with Crippen molar-refractivity contribution in [1.82, 2.24) is 19.8 Å². The van der Waals surface area contributed by atoms with Crippen LogP contribution < -0.4 is 5.32 Å². The summed E-state index contributed by atoms with van der Waals surface area (Å²) >= 11 is 0. The number of nitro groups is 1. The molecule has 1 unspecified atom stereocenters. The number of hydrogen-bond donors (Lipinski definition) is 1. The number of rotatable bonds is 8. The largest absolute Gasteiger partial charge is 0.338 e. The van der Waals surface area contributed by atoms with E-state index in [-0.39, 0.29) is 41.5 Å². The van der Waals surface area contributed by atoms with E-state index >= 15 is 0 Å². The molecule has 0 amide bonds. The van der Waals surface area contributed by atoms with Gasteiger partial charge in [-0.1, -0.05) is 11.2 Å². The first-order valence-corrected chi connectivity index (χ1v) is 8.87. The van der Waals surface area contributed by atoms with Gasteiger partial charge in [0, 0.05) is 31.6 Å². The van der Waals surface area contributed by atoms with Crippen LogP contribution in [0.4, 0.5) is 5.69 Å². The van der Waals surface area contributed by atoms with Gasteiger partial charge in [0.2, 0.25) is 15.9 Å². The van der Waals surface area contributed by atoms with Gasteiger partial charge in [0.25, 0.3) is 5.69 Å². The third kappa shape index (κ3) is 5.21. The summed E-state index contributed by atoms with van der Waals surface area (Å²) in [6.07, 6.45) is 0.543. The van der Waals surface area contributed by atoms with Gasteiger partial charge >= 0.3 is 0 Å². The Hall–Kier alpha value is -2.08. The minimum absolute atomic E-state index is 0. The minimum atomic E-state index is -3.92. The van der Waals surface area contributed by atoms with Crippen LogP contribution >= 0.6 is 12.4 Å². The van der Waals surface area contributed by atoms with Gasteiger partial charge in [-0.3, -0.25) is 10.1 Å². The van der Waals surface area contributed by atoms with Crippen LogP contribution in [-0.2, 0) is 23.0 Å². The molecule has 144 valence electrons. The van der Waals surface area contributed by atoms with Crippen molar-refractivity contribution >= 4 is 28.1 Å². The van der Waals surface area contributed by atoms with Crippen molar-refractivity contribution in [3.8, 4) is 0 Å². The van der Waals surface area contributed by atoms with Crippen molar-refractivity contribution in [2.45, 2.75) is 30.8 Å². The lowest BCUT2D eigenvalue weighted by atomic mass is 10.2. The average molecular weight is 406 g/mol. The summed E-state index contributed by atoms with van der Waals surface area (Å²) in [5, 5.41) is 17.7. The maximum absolute atomic E-state index is 12.5. The van der Waals surface area contributed by atoms with Gasteiger partial charge in [-0.2, -0.15) is 9.29 Å². The molecule has 2 aromatic rings. The van der Waals surface area contributed by atoms with Crippen LogP contribution in [0.25, 0.3) is 0 Å². The van der Waals surface area contributed by atoms with E-state index in [2.05, 4.69) is 15.5 Å². The number of likely N-dealkylation sites (N-methyl/N-ethyl adjacent to an activating group) is 1. The minimum Gasteiger partial charge on any atom is -0.338 e. The third-order valence-corrected chi connectivity index (χ3v) is 5.39. The highest BCUT2D eigenvalue weighted by molar-refractivity contribution is 7.89. The maximum Gasteiger partial charge on any atom is 0.270 e. The van der Waals surface area contributed by atoms with Gasteiger partial charge in [0.05, 0.1) is 16.4 Å². The van der Waals surface area contributed by atoms with Crippen molar-refractivity contribution in [2.24, 2.45) is 0 Å². The number of benzene rings is 1.